The van der Waals surface area contributed by atoms with Gasteiger partial charge >= 0.3 is 12.1 Å². The van der Waals surface area contributed by atoms with Gasteiger partial charge < -0.3 is 19.9 Å². The third kappa shape index (κ3) is 5.95. The van der Waals surface area contributed by atoms with E-state index in [1.807, 2.05) is 39.0 Å². The molecular formula is C30H34BrFN4O5. The minimum atomic E-state index is -1.17. The summed E-state index contributed by atoms with van der Waals surface area (Å²) >= 11 is 3.46. The molecule has 2 aromatic carbocycles. The number of nitrogens with one attached hydrogen (secondary N) is 1. The summed E-state index contributed by atoms with van der Waals surface area (Å²) < 4.78 is 20.0. The fraction of sp³-hybridized carbons (Fsp3) is 0.467. The molecule has 0 aromatic heterocycles. The van der Waals surface area contributed by atoms with Crippen LogP contribution in [0.2, 0.25) is 0 Å². The Kier molecular flexibility index (Phi) is 7.84. The lowest BCUT2D eigenvalue weighted by atomic mass is 9.92. The first-order chi connectivity index (χ1) is 19.4. The van der Waals surface area contributed by atoms with Crippen LogP contribution in [0.15, 0.2) is 46.9 Å². The number of carbonyl (C=O) groups excluding carboxylic acids is 4. The van der Waals surface area contributed by atoms with Crippen molar-refractivity contribution >= 4 is 39.9 Å². The molecule has 1 spiro atoms. The van der Waals surface area contributed by atoms with Gasteiger partial charge in [0.2, 0.25) is 5.91 Å². The molecule has 2 heterocycles. The largest absolute Gasteiger partial charge is 0.444 e. The van der Waals surface area contributed by atoms with E-state index in [2.05, 4.69) is 21.2 Å². The van der Waals surface area contributed by atoms with E-state index in [1.54, 1.807) is 21.9 Å². The summed E-state index contributed by atoms with van der Waals surface area (Å²) in [5, 5.41) is 2.87. The molecule has 218 valence electrons. The maximum absolute atomic E-state index is 13.8. The fourth-order valence-corrected chi connectivity index (χ4v) is 6.29. The molecule has 0 saturated carbocycles. The van der Waals surface area contributed by atoms with Crippen molar-refractivity contribution in [2.24, 2.45) is 0 Å². The summed E-state index contributed by atoms with van der Waals surface area (Å²) in [4.78, 5) is 57.5. The SMILES string of the molecule is CC(C)(C)OC(=O)N1CCC(N(Cc2ccc(F)cc2)C(=O)CN2C(=O)NC3(CCc4cc(Br)ccc43)C2=O)CC1. The lowest BCUT2D eigenvalue weighted by Crippen LogP contribution is -2.52. The van der Waals surface area contributed by atoms with Crippen LogP contribution in [0.25, 0.3) is 0 Å². The van der Waals surface area contributed by atoms with Crippen molar-refractivity contribution in [3.63, 3.8) is 0 Å². The van der Waals surface area contributed by atoms with Gasteiger partial charge in [-0.25, -0.2) is 14.0 Å². The van der Waals surface area contributed by atoms with Crippen LogP contribution in [0.5, 0.6) is 0 Å². The average molecular weight is 630 g/mol. The molecule has 2 fully saturated rings. The van der Waals surface area contributed by atoms with E-state index >= 15 is 0 Å². The zero-order chi connectivity index (χ0) is 29.5. The van der Waals surface area contributed by atoms with Gasteiger partial charge in [-0.05, 0) is 87.4 Å². The van der Waals surface area contributed by atoms with E-state index in [4.69, 9.17) is 4.74 Å². The van der Waals surface area contributed by atoms with Crippen molar-refractivity contribution in [3.05, 3.63) is 69.4 Å². The Balaban J connectivity index is 1.33. The maximum Gasteiger partial charge on any atom is 0.410 e. The maximum atomic E-state index is 13.8. The van der Waals surface area contributed by atoms with Crippen LogP contribution in [0.1, 0.15) is 56.7 Å². The van der Waals surface area contributed by atoms with Crippen molar-refractivity contribution < 1.29 is 28.3 Å². The minimum Gasteiger partial charge on any atom is -0.444 e. The van der Waals surface area contributed by atoms with E-state index < -0.39 is 35.7 Å². The Labute approximate surface area is 247 Å². The predicted octanol–water partition coefficient (Wildman–Crippen LogP) is 4.71. The number of benzene rings is 2. The Bertz CT molecular complexity index is 1370. The number of halogens is 2. The number of nitrogens with zero attached hydrogens (tertiary/aromatic N) is 3. The second-order valence-corrected chi connectivity index (χ2v) is 12.8. The molecule has 2 aromatic rings. The number of urea groups is 1. The highest BCUT2D eigenvalue weighted by atomic mass is 79.9. The summed E-state index contributed by atoms with van der Waals surface area (Å²) in [5.41, 5.74) is 0.670. The monoisotopic (exact) mass is 628 g/mol. The Hall–Kier alpha value is -3.47. The van der Waals surface area contributed by atoms with E-state index in [0.29, 0.717) is 38.8 Å². The van der Waals surface area contributed by atoms with Crippen LogP contribution in [0.4, 0.5) is 14.0 Å². The molecule has 1 N–H and O–H groups in total. The molecule has 3 aliphatic rings. The second kappa shape index (κ2) is 11.1. The van der Waals surface area contributed by atoms with Crippen molar-refractivity contribution in [2.45, 2.75) is 70.2 Å². The summed E-state index contributed by atoms with van der Waals surface area (Å²) in [6.07, 6.45) is 1.66. The predicted molar refractivity (Wildman–Crippen MR) is 152 cm³/mol. The standard InChI is InChI=1S/C30H34BrFN4O5/c1-29(2,3)41-28(40)34-14-11-23(12-15-34)35(17-19-4-7-22(32)8-5-19)25(37)18-36-26(38)30(33-27(36)39)13-10-20-16-21(31)6-9-24(20)30/h4-9,16,23H,10-15,17-18H2,1-3H3,(H,33,39). The van der Waals surface area contributed by atoms with E-state index in [0.717, 1.165) is 26.1 Å². The number of imide groups is 1. The van der Waals surface area contributed by atoms with Gasteiger partial charge in [-0.15, -0.1) is 0 Å². The van der Waals surface area contributed by atoms with E-state index in [-0.39, 0.29) is 24.3 Å². The molecule has 5 amide bonds. The zero-order valence-corrected chi connectivity index (χ0v) is 25.0. The third-order valence-electron chi connectivity index (χ3n) is 7.91. The van der Waals surface area contributed by atoms with Crippen molar-refractivity contribution in [1.29, 1.82) is 0 Å². The number of hydrogen-bond acceptors (Lipinski definition) is 5. The molecule has 11 heteroatoms. The molecular weight excluding hydrogens is 595 g/mol. The number of likely N-dealkylation sites (tertiary alicyclic amines) is 1. The van der Waals surface area contributed by atoms with Gasteiger partial charge in [-0.2, -0.15) is 0 Å². The van der Waals surface area contributed by atoms with Crippen LogP contribution in [-0.4, -0.2) is 69.9 Å². The first kappa shape index (κ1) is 29.0. The van der Waals surface area contributed by atoms with Crippen LogP contribution in [0.3, 0.4) is 0 Å². The number of carbonyl (C=O) groups is 4. The summed E-state index contributed by atoms with van der Waals surface area (Å²) in [6, 6.07) is 10.7. The molecule has 2 saturated heterocycles. The lowest BCUT2D eigenvalue weighted by Gasteiger charge is -2.39. The van der Waals surface area contributed by atoms with Gasteiger partial charge in [-0.3, -0.25) is 14.5 Å². The number of hydrogen-bond donors (Lipinski definition) is 1. The number of fused-ring (bicyclic) bond motifs is 2. The number of rotatable bonds is 5. The highest BCUT2D eigenvalue weighted by Gasteiger charge is 2.55. The number of amides is 5. The van der Waals surface area contributed by atoms with Gasteiger partial charge in [0.1, 0.15) is 23.5 Å². The van der Waals surface area contributed by atoms with Gasteiger partial charge in [0.05, 0.1) is 0 Å². The quantitative estimate of drug-likeness (QED) is 0.484. The highest BCUT2D eigenvalue weighted by molar-refractivity contribution is 9.10. The topological polar surface area (TPSA) is 99.3 Å². The molecule has 1 unspecified atom stereocenters. The summed E-state index contributed by atoms with van der Waals surface area (Å²) in [5.74, 6) is -1.20. The second-order valence-electron chi connectivity index (χ2n) is 11.9. The smallest absolute Gasteiger partial charge is 0.410 e. The summed E-state index contributed by atoms with van der Waals surface area (Å²) in [6.45, 7) is 5.99. The first-order valence-electron chi connectivity index (χ1n) is 13.8. The van der Waals surface area contributed by atoms with Gasteiger partial charge in [-0.1, -0.05) is 34.1 Å². The molecule has 9 nitrogen and oxygen atoms in total. The number of piperidine rings is 1. The third-order valence-corrected chi connectivity index (χ3v) is 8.40. The lowest BCUT2D eigenvalue weighted by molar-refractivity contribution is -0.141. The highest BCUT2D eigenvalue weighted by Crippen LogP contribution is 2.42. The van der Waals surface area contributed by atoms with Crippen molar-refractivity contribution in [3.8, 4) is 0 Å². The Morgan fingerprint density at radius 3 is 2.46 bits per heavy atom. The number of ether oxygens (including phenoxy) is 1. The van der Waals surface area contributed by atoms with Crippen molar-refractivity contribution in [2.75, 3.05) is 19.6 Å². The average Bonchev–Trinajstić information content (AvgIpc) is 3.39. The van der Waals surface area contributed by atoms with E-state index in [1.165, 1.54) is 12.1 Å². The van der Waals surface area contributed by atoms with Crippen LogP contribution < -0.4 is 5.32 Å². The molecule has 1 aliphatic carbocycles. The molecule has 0 radical (unpaired) electrons. The molecule has 2 aliphatic heterocycles. The van der Waals surface area contributed by atoms with Gasteiger partial charge in [0.25, 0.3) is 5.91 Å². The van der Waals surface area contributed by atoms with Gasteiger partial charge in [0, 0.05) is 30.1 Å². The molecule has 0 bridgehead atoms. The van der Waals surface area contributed by atoms with Gasteiger partial charge in [0.15, 0.2) is 0 Å². The first-order valence-corrected chi connectivity index (χ1v) is 14.6. The van der Waals surface area contributed by atoms with Crippen LogP contribution >= 0.6 is 15.9 Å². The van der Waals surface area contributed by atoms with E-state index in [9.17, 15) is 23.6 Å². The Morgan fingerprint density at radius 2 is 1.80 bits per heavy atom. The Morgan fingerprint density at radius 1 is 1.12 bits per heavy atom. The molecule has 1 atom stereocenters. The van der Waals surface area contributed by atoms with Crippen LogP contribution in [0, 0.1) is 5.82 Å². The number of aryl methyl sites for hydroxylation is 1. The minimum absolute atomic E-state index is 0.182. The fourth-order valence-electron chi connectivity index (χ4n) is 5.88. The zero-order valence-electron chi connectivity index (χ0n) is 23.4. The summed E-state index contributed by atoms with van der Waals surface area (Å²) in [7, 11) is 0. The molecule has 41 heavy (non-hydrogen) atoms. The van der Waals surface area contributed by atoms with Crippen molar-refractivity contribution in [1.82, 2.24) is 20.0 Å². The normalized spacial score (nSPS) is 20.8. The molecule has 5 rings (SSSR count). The van der Waals surface area contributed by atoms with Crippen LogP contribution in [-0.2, 0) is 32.8 Å².